The molecule has 11 rings (SSSR count). The van der Waals surface area contributed by atoms with Gasteiger partial charge in [0.1, 0.15) is 0 Å². The number of anilines is 3. The van der Waals surface area contributed by atoms with Gasteiger partial charge in [-0.15, -0.1) is 11.3 Å². The van der Waals surface area contributed by atoms with Crippen molar-refractivity contribution in [1.29, 1.82) is 0 Å². The lowest BCUT2D eigenvalue weighted by Crippen LogP contribution is -2.09. The number of rotatable bonds is 6. The molecule has 2 aromatic heterocycles. The third kappa shape index (κ3) is 5.24. The first-order chi connectivity index (χ1) is 27.3. The molecule has 2 heterocycles. The Morgan fingerprint density at radius 3 is 1.58 bits per heavy atom. The second-order valence-electron chi connectivity index (χ2n) is 14.1. The molecule has 0 fully saturated rings. The van der Waals surface area contributed by atoms with Crippen LogP contribution < -0.4 is 4.90 Å². The van der Waals surface area contributed by atoms with E-state index in [4.69, 9.17) is 0 Å². The summed E-state index contributed by atoms with van der Waals surface area (Å²) in [5.41, 5.74) is 11.8. The Balaban J connectivity index is 1.05. The quantitative estimate of drug-likeness (QED) is 0.166. The number of thiophene rings is 1. The zero-order chi connectivity index (χ0) is 36.3. The lowest BCUT2D eigenvalue weighted by atomic mass is 9.98. The Bertz CT molecular complexity index is 3130. The van der Waals surface area contributed by atoms with Crippen LogP contribution in [0, 0.1) is 0 Å². The van der Waals surface area contributed by atoms with Crippen molar-refractivity contribution >= 4 is 81.1 Å². The van der Waals surface area contributed by atoms with Crippen molar-refractivity contribution in [3.8, 4) is 27.9 Å². The van der Waals surface area contributed by atoms with Gasteiger partial charge in [0, 0.05) is 59.3 Å². The van der Waals surface area contributed by atoms with Crippen LogP contribution in [0.2, 0.25) is 0 Å². The van der Waals surface area contributed by atoms with Crippen molar-refractivity contribution in [3.05, 3.63) is 206 Å². The average Bonchev–Trinajstić information content (AvgIpc) is 3.80. The maximum atomic E-state index is 2.44. The second-order valence-corrected chi connectivity index (χ2v) is 15.2. The zero-order valence-corrected chi connectivity index (χ0v) is 30.7. The number of fused-ring (bicyclic) bond motifs is 7. The summed E-state index contributed by atoms with van der Waals surface area (Å²) in [5, 5.41) is 7.64. The fourth-order valence-electron chi connectivity index (χ4n) is 8.44. The van der Waals surface area contributed by atoms with Gasteiger partial charge < -0.3 is 9.47 Å². The molecule has 0 amide bonds. The number of para-hydroxylation sites is 3. The predicted octanol–water partition coefficient (Wildman–Crippen LogP) is 15.1. The van der Waals surface area contributed by atoms with E-state index in [1.807, 2.05) is 11.3 Å². The van der Waals surface area contributed by atoms with Crippen molar-refractivity contribution in [3.63, 3.8) is 0 Å². The number of aromatic nitrogens is 1. The van der Waals surface area contributed by atoms with Crippen LogP contribution in [-0.4, -0.2) is 4.57 Å². The molecule has 0 radical (unpaired) electrons. The molecule has 0 saturated heterocycles. The van der Waals surface area contributed by atoms with Gasteiger partial charge in [-0.1, -0.05) is 140 Å². The molecule has 2 nitrogen and oxygen atoms in total. The van der Waals surface area contributed by atoms with Crippen LogP contribution in [0.5, 0.6) is 0 Å². The Labute approximate surface area is 323 Å². The topological polar surface area (TPSA) is 8.17 Å². The Hall–Kier alpha value is -6.94. The first-order valence-electron chi connectivity index (χ1n) is 18.8. The Kier molecular flexibility index (Phi) is 7.39. The van der Waals surface area contributed by atoms with E-state index in [-0.39, 0.29) is 0 Å². The van der Waals surface area contributed by atoms with Gasteiger partial charge in [0.15, 0.2) is 0 Å². The lowest BCUT2D eigenvalue weighted by molar-refractivity contribution is 1.19. The van der Waals surface area contributed by atoms with Gasteiger partial charge in [0.2, 0.25) is 0 Å². The number of benzene rings is 9. The summed E-state index contributed by atoms with van der Waals surface area (Å²) in [6.07, 6.45) is 0. The van der Waals surface area contributed by atoms with Crippen LogP contribution in [0.3, 0.4) is 0 Å². The highest BCUT2D eigenvalue weighted by molar-refractivity contribution is 7.26. The smallest absolute Gasteiger partial charge is 0.0541 e. The molecule has 3 heteroatoms. The maximum absolute atomic E-state index is 2.44. The SMILES string of the molecule is c1ccc(N(c2ccc(-c3cccc4ccccc34)cc2)c2ccc(-c3cc(-n4c5ccccc5c5ccccc54)cc4c3sc3ccccc34)cc2)cc1. The number of hydrogen-bond donors (Lipinski definition) is 0. The molecule has 258 valence electrons. The Morgan fingerprint density at radius 1 is 0.364 bits per heavy atom. The summed E-state index contributed by atoms with van der Waals surface area (Å²) in [7, 11) is 0. The van der Waals surface area contributed by atoms with Crippen molar-refractivity contribution in [2.45, 2.75) is 0 Å². The largest absolute Gasteiger partial charge is 0.311 e. The standard InChI is InChI=1S/C52H34N2S/c1-2-15-38(16-3-1)53(39-29-25-36(26-30-39)43-21-12-14-35-13-4-5-17-42(35)43)40-31-27-37(28-32-40)47-33-41(34-48-46-20-8-11-24-51(46)55-52(47)48)54-49-22-9-6-18-44(49)45-19-7-10-23-50(45)54/h1-34H. The van der Waals surface area contributed by atoms with Crippen LogP contribution in [0.4, 0.5) is 17.1 Å². The third-order valence-corrected chi connectivity index (χ3v) is 12.2. The molecule has 0 bridgehead atoms. The molecule has 0 spiro atoms. The third-order valence-electron chi connectivity index (χ3n) is 11.0. The predicted molar refractivity (Wildman–Crippen MR) is 237 cm³/mol. The summed E-state index contributed by atoms with van der Waals surface area (Å²) in [6, 6.07) is 75.1. The molecule has 0 unspecified atom stereocenters. The van der Waals surface area contributed by atoms with Gasteiger partial charge in [-0.05, 0) is 94.2 Å². The normalized spacial score (nSPS) is 11.6. The van der Waals surface area contributed by atoms with Crippen LogP contribution in [0.25, 0.3) is 80.7 Å². The van der Waals surface area contributed by atoms with Crippen LogP contribution in [-0.2, 0) is 0 Å². The average molecular weight is 719 g/mol. The summed E-state index contributed by atoms with van der Waals surface area (Å²) < 4.78 is 5.05. The molecular weight excluding hydrogens is 685 g/mol. The number of nitrogens with zero attached hydrogens (tertiary/aromatic N) is 2. The molecule has 11 aromatic rings. The lowest BCUT2D eigenvalue weighted by Gasteiger charge is -2.26. The summed E-state index contributed by atoms with van der Waals surface area (Å²) in [5.74, 6) is 0. The zero-order valence-electron chi connectivity index (χ0n) is 29.9. The van der Waals surface area contributed by atoms with Crippen molar-refractivity contribution in [1.82, 2.24) is 4.57 Å². The summed E-state index contributed by atoms with van der Waals surface area (Å²) >= 11 is 1.88. The van der Waals surface area contributed by atoms with E-state index in [0.29, 0.717) is 0 Å². The molecule has 0 atom stereocenters. The molecule has 0 aliphatic rings. The minimum atomic E-state index is 1.11. The van der Waals surface area contributed by atoms with E-state index in [0.717, 1.165) is 17.1 Å². The van der Waals surface area contributed by atoms with Gasteiger partial charge >= 0.3 is 0 Å². The Morgan fingerprint density at radius 2 is 0.891 bits per heavy atom. The van der Waals surface area contributed by atoms with E-state index in [2.05, 4.69) is 216 Å². The molecule has 9 aromatic carbocycles. The summed E-state index contributed by atoms with van der Waals surface area (Å²) in [6.45, 7) is 0. The molecule has 0 aliphatic carbocycles. The van der Waals surface area contributed by atoms with E-state index in [9.17, 15) is 0 Å². The molecule has 0 saturated carbocycles. The number of hydrogen-bond acceptors (Lipinski definition) is 2. The highest BCUT2D eigenvalue weighted by atomic mass is 32.1. The fraction of sp³-hybridized carbons (Fsp3) is 0. The summed E-state index contributed by atoms with van der Waals surface area (Å²) in [4.78, 5) is 2.35. The molecule has 0 aliphatic heterocycles. The first-order valence-corrected chi connectivity index (χ1v) is 19.6. The first kappa shape index (κ1) is 31.6. The fourth-order valence-corrected chi connectivity index (χ4v) is 9.66. The van der Waals surface area contributed by atoms with Crippen LogP contribution in [0.15, 0.2) is 206 Å². The molecule has 0 N–H and O–H groups in total. The van der Waals surface area contributed by atoms with Crippen molar-refractivity contribution in [2.75, 3.05) is 4.90 Å². The van der Waals surface area contributed by atoms with E-state index in [1.54, 1.807) is 0 Å². The monoisotopic (exact) mass is 718 g/mol. The van der Waals surface area contributed by atoms with Crippen molar-refractivity contribution in [2.24, 2.45) is 0 Å². The minimum absolute atomic E-state index is 1.11. The van der Waals surface area contributed by atoms with Crippen molar-refractivity contribution < 1.29 is 0 Å². The highest BCUT2D eigenvalue weighted by Crippen LogP contribution is 2.44. The molecular formula is C52H34N2S. The van der Waals surface area contributed by atoms with Crippen LogP contribution >= 0.6 is 11.3 Å². The van der Waals surface area contributed by atoms with Gasteiger partial charge in [-0.3, -0.25) is 0 Å². The highest BCUT2D eigenvalue weighted by Gasteiger charge is 2.18. The maximum Gasteiger partial charge on any atom is 0.0541 e. The minimum Gasteiger partial charge on any atom is -0.311 e. The molecule has 55 heavy (non-hydrogen) atoms. The van der Waals surface area contributed by atoms with E-state index >= 15 is 0 Å². The van der Waals surface area contributed by atoms with Gasteiger partial charge in [-0.2, -0.15) is 0 Å². The van der Waals surface area contributed by atoms with E-state index in [1.165, 1.54) is 80.7 Å². The van der Waals surface area contributed by atoms with E-state index < -0.39 is 0 Å². The van der Waals surface area contributed by atoms with Gasteiger partial charge in [0.25, 0.3) is 0 Å². The van der Waals surface area contributed by atoms with Gasteiger partial charge in [0.05, 0.1) is 11.0 Å². The van der Waals surface area contributed by atoms with Gasteiger partial charge in [-0.25, -0.2) is 0 Å². The second kappa shape index (κ2) is 12.9. The van der Waals surface area contributed by atoms with Crippen LogP contribution in [0.1, 0.15) is 0 Å².